The van der Waals surface area contributed by atoms with Crippen molar-refractivity contribution in [1.29, 1.82) is 0 Å². The van der Waals surface area contributed by atoms with E-state index in [-0.39, 0.29) is 0 Å². The molecular weight excluding hydrogens is 119 g/mol. The van der Waals surface area contributed by atoms with Gasteiger partial charge >= 0.3 is 11.5 Å². The molecule has 0 rings (SSSR count). The van der Waals surface area contributed by atoms with Gasteiger partial charge < -0.3 is 5.11 Å². The number of hydrogen-bond donors (Lipinski definition) is 1. The molecule has 1 N–H and O–H groups in total. The first-order valence-electron chi connectivity index (χ1n) is 1.29. The number of carboxylic acid groups (broad SMARTS) is 1. The smallest absolute Gasteiger partial charge is 0.384 e. The van der Waals surface area contributed by atoms with Gasteiger partial charge in [-0.2, -0.15) is 0 Å². The maximum Gasteiger partial charge on any atom is 0.384 e. The molecule has 0 aliphatic carbocycles. The van der Waals surface area contributed by atoms with Crippen molar-refractivity contribution in [2.75, 3.05) is 0 Å². The molecule has 4 nitrogen and oxygen atoms in total. The lowest BCUT2D eigenvalue weighted by molar-refractivity contribution is -0.145. The van der Waals surface area contributed by atoms with Crippen molar-refractivity contribution in [3.63, 3.8) is 0 Å². The second-order valence-electron chi connectivity index (χ2n) is 0.702. The van der Waals surface area contributed by atoms with E-state index in [9.17, 15) is 14.2 Å². The summed E-state index contributed by atoms with van der Waals surface area (Å²) < 4.78 is 9.31. The van der Waals surface area contributed by atoms with Gasteiger partial charge in [0.05, 0.1) is 0 Å². The molecular formula is C2HO4P. The fourth-order valence-corrected chi connectivity index (χ4v) is 0.117. The van der Waals surface area contributed by atoms with E-state index in [0.717, 1.165) is 0 Å². The Morgan fingerprint density at radius 1 is 1.43 bits per heavy atom. The van der Waals surface area contributed by atoms with E-state index in [1.165, 1.54) is 0 Å². The van der Waals surface area contributed by atoms with Crippen LogP contribution in [0.5, 0.6) is 0 Å². The average molecular weight is 120 g/mol. The molecule has 0 aliphatic rings. The maximum atomic E-state index is 9.59. The van der Waals surface area contributed by atoms with Crippen molar-refractivity contribution in [3.05, 3.63) is 0 Å². The van der Waals surface area contributed by atoms with Gasteiger partial charge in [-0.25, -0.2) is 4.79 Å². The van der Waals surface area contributed by atoms with Crippen LogP contribution >= 0.6 is 8.46 Å². The highest BCUT2D eigenvalue weighted by molar-refractivity contribution is 7.50. The number of aliphatic carboxylic acids is 1. The molecule has 0 heterocycles. The van der Waals surface area contributed by atoms with Crippen LogP contribution in [0.2, 0.25) is 0 Å². The van der Waals surface area contributed by atoms with Gasteiger partial charge in [-0.3, -0.25) is 9.36 Å². The minimum absolute atomic E-state index is 0.966. The Hall–Kier alpha value is -0.760. The van der Waals surface area contributed by atoms with Gasteiger partial charge in [0, 0.05) is 0 Å². The van der Waals surface area contributed by atoms with Crippen molar-refractivity contribution in [3.8, 4) is 0 Å². The fourth-order valence-electron chi connectivity index (χ4n) is 0.0390. The first-order valence-corrected chi connectivity index (χ1v) is 2.10. The topological polar surface area (TPSA) is 71.4 Å². The Morgan fingerprint density at radius 3 is 1.86 bits per heavy atom. The zero-order valence-electron chi connectivity index (χ0n) is 3.12. The monoisotopic (exact) mass is 120 g/mol. The Morgan fingerprint density at radius 2 is 1.86 bits per heavy atom. The molecule has 0 atom stereocenters. The molecule has 0 fully saturated rings. The van der Waals surface area contributed by atoms with Crippen LogP contribution in [0.3, 0.4) is 0 Å². The van der Waals surface area contributed by atoms with Crippen LogP contribution in [0.15, 0.2) is 0 Å². The van der Waals surface area contributed by atoms with Gasteiger partial charge in [-0.05, 0) is 0 Å². The predicted octanol–water partition coefficient (Wildman–Crippen LogP) is -0.111. The molecule has 0 aromatic carbocycles. The highest BCUT2D eigenvalue weighted by Crippen LogP contribution is 1.90. The molecule has 0 saturated heterocycles. The van der Waals surface area contributed by atoms with E-state index in [4.69, 9.17) is 5.11 Å². The van der Waals surface area contributed by atoms with Crippen LogP contribution in [-0.2, 0) is 14.2 Å². The highest BCUT2D eigenvalue weighted by Gasteiger charge is 2.08. The number of rotatable bonds is 2. The van der Waals surface area contributed by atoms with Gasteiger partial charge in [-0.15, -0.1) is 0 Å². The van der Waals surface area contributed by atoms with Crippen molar-refractivity contribution in [1.82, 2.24) is 0 Å². The van der Waals surface area contributed by atoms with Crippen LogP contribution in [0, 0.1) is 0 Å². The molecule has 0 unspecified atom stereocenters. The lowest BCUT2D eigenvalue weighted by Crippen LogP contribution is -2.03. The molecule has 0 saturated carbocycles. The van der Waals surface area contributed by atoms with Crippen molar-refractivity contribution < 1.29 is 19.3 Å². The summed E-state index contributed by atoms with van der Waals surface area (Å²) in [6, 6.07) is 0. The van der Waals surface area contributed by atoms with Crippen LogP contribution in [0.4, 0.5) is 0 Å². The van der Waals surface area contributed by atoms with Gasteiger partial charge in [0.1, 0.15) is 0 Å². The third-order valence-corrected chi connectivity index (χ3v) is 0.623. The molecule has 0 aromatic rings. The number of carbonyl (C=O) groups is 2. The second kappa shape index (κ2) is 2.42. The normalized spacial score (nSPS) is 8.57. The Balaban J connectivity index is 3.81. The third-order valence-electron chi connectivity index (χ3n) is 0.266. The molecule has 7 heavy (non-hydrogen) atoms. The third kappa shape index (κ3) is 2.00. The van der Waals surface area contributed by atoms with Crippen LogP contribution < -0.4 is 0 Å². The fraction of sp³-hybridized carbons (Fsp3) is 0. The van der Waals surface area contributed by atoms with E-state index in [2.05, 4.69) is 0 Å². The lowest BCUT2D eigenvalue weighted by Gasteiger charge is -1.71. The minimum atomic E-state index is -1.67. The average Bonchev–Trinajstić information content (AvgIpc) is 1.65. The first-order chi connectivity index (χ1) is 3.18. The zero-order chi connectivity index (χ0) is 5.86. The summed E-state index contributed by atoms with van der Waals surface area (Å²) in [7, 11) is -0.966. The minimum Gasteiger partial charge on any atom is -0.475 e. The van der Waals surface area contributed by atoms with Crippen molar-refractivity contribution in [2.45, 2.75) is 0 Å². The summed E-state index contributed by atoms with van der Waals surface area (Å²) in [6.45, 7) is 0. The van der Waals surface area contributed by atoms with E-state index in [1.54, 1.807) is 0 Å². The Labute approximate surface area is 40.3 Å². The summed E-state index contributed by atoms with van der Waals surface area (Å²) in [5.74, 6) is -1.67. The highest BCUT2D eigenvalue weighted by atomic mass is 31.1. The van der Waals surface area contributed by atoms with Gasteiger partial charge in [0.2, 0.25) is 8.46 Å². The predicted molar refractivity (Wildman–Crippen MR) is 20.2 cm³/mol. The summed E-state index contributed by atoms with van der Waals surface area (Å²) in [5, 5.41) is 7.63. The van der Waals surface area contributed by atoms with Crippen LogP contribution in [-0.4, -0.2) is 16.6 Å². The van der Waals surface area contributed by atoms with Gasteiger partial charge in [-0.1, -0.05) is 0 Å². The molecule has 0 radical (unpaired) electrons. The van der Waals surface area contributed by atoms with Crippen LogP contribution in [0.25, 0.3) is 0 Å². The summed E-state index contributed by atoms with van der Waals surface area (Å²) >= 11 is 0. The SMILES string of the molecule is O=PC(=O)C(=O)O. The Kier molecular flexibility index (Phi) is 2.16. The molecule has 0 aliphatic heterocycles. The first kappa shape index (κ1) is 6.24. The van der Waals surface area contributed by atoms with Crippen molar-refractivity contribution in [2.24, 2.45) is 0 Å². The van der Waals surface area contributed by atoms with Gasteiger partial charge in [0.15, 0.2) is 0 Å². The number of hydrogen-bond acceptors (Lipinski definition) is 3. The van der Waals surface area contributed by atoms with Gasteiger partial charge in [0.25, 0.3) is 0 Å². The maximum absolute atomic E-state index is 9.59. The summed E-state index contributed by atoms with van der Waals surface area (Å²) in [6.07, 6.45) is 0. The van der Waals surface area contributed by atoms with E-state index in [0.29, 0.717) is 0 Å². The van der Waals surface area contributed by atoms with E-state index >= 15 is 0 Å². The molecule has 0 bridgehead atoms. The standard InChI is InChI=1S/C2HO4P/c3-1(4)2(5)7-6/h(H,3,4). The summed E-state index contributed by atoms with van der Waals surface area (Å²) in [5.41, 5.74) is -1.32. The summed E-state index contributed by atoms with van der Waals surface area (Å²) in [4.78, 5) is 19.0. The number of carbonyl (C=O) groups excluding carboxylic acids is 1. The molecule has 5 heteroatoms. The van der Waals surface area contributed by atoms with E-state index in [1.807, 2.05) is 0 Å². The molecule has 38 valence electrons. The molecule has 0 amide bonds. The second-order valence-corrected chi connectivity index (χ2v) is 1.29. The lowest BCUT2D eigenvalue weighted by atomic mass is 10.8. The number of carboxylic acids is 1. The quantitative estimate of drug-likeness (QED) is 0.407. The Bertz CT molecular complexity index is 117. The molecule has 0 spiro atoms. The van der Waals surface area contributed by atoms with Crippen molar-refractivity contribution >= 4 is 20.0 Å². The van der Waals surface area contributed by atoms with E-state index < -0.39 is 20.0 Å². The molecule has 0 aromatic heterocycles. The largest absolute Gasteiger partial charge is 0.475 e. The van der Waals surface area contributed by atoms with Crippen LogP contribution in [0.1, 0.15) is 0 Å². The zero-order valence-corrected chi connectivity index (χ0v) is 4.01.